The lowest BCUT2D eigenvalue weighted by Crippen LogP contribution is -2.38. The van der Waals surface area contributed by atoms with E-state index in [1.54, 1.807) is 0 Å². The molecule has 1 aromatic rings. The van der Waals surface area contributed by atoms with Crippen LogP contribution >= 0.6 is 0 Å². The Bertz CT molecular complexity index is 376. The third-order valence-electron chi connectivity index (χ3n) is 3.00. The number of hydrogen-bond donors (Lipinski definition) is 1. The molecule has 3 heteroatoms. The molecule has 0 heterocycles. The molecule has 0 bridgehead atoms. The van der Waals surface area contributed by atoms with Crippen molar-refractivity contribution < 1.29 is 9.53 Å². The van der Waals surface area contributed by atoms with E-state index in [1.165, 1.54) is 18.2 Å². The number of rotatable bonds is 5. The van der Waals surface area contributed by atoms with Gasteiger partial charge in [-0.15, -0.1) is 0 Å². The van der Waals surface area contributed by atoms with Gasteiger partial charge in [0, 0.05) is 6.04 Å². The first-order chi connectivity index (χ1) is 8.10. The molecule has 0 aliphatic carbocycles. The third-order valence-corrected chi connectivity index (χ3v) is 3.00. The maximum Gasteiger partial charge on any atom is 0.322 e. The summed E-state index contributed by atoms with van der Waals surface area (Å²) in [4.78, 5) is 11.5. The second-order valence-electron chi connectivity index (χ2n) is 4.23. The summed E-state index contributed by atoms with van der Waals surface area (Å²) in [6.07, 6.45) is 0.725. The van der Waals surface area contributed by atoms with Crippen LogP contribution in [-0.2, 0) is 9.53 Å². The molecular formula is C14H21NO2. The van der Waals surface area contributed by atoms with E-state index in [2.05, 4.69) is 31.3 Å². The van der Waals surface area contributed by atoms with Gasteiger partial charge in [-0.05, 0) is 31.4 Å². The average Bonchev–Trinajstić information content (AvgIpc) is 2.35. The summed E-state index contributed by atoms with van der Waals surface area (Å²) < 4.78 is 4.77. The Kier molecular flexibility index (Phi) is 5.16. The summed E-state index contributed by atoms with van der Waals surface area (Å²) in [5.74, 6) is -0.201. The van der Waals surface area contributed by atoms with Crippen molar-refractivity contribution in [3.63, 3.8) is 0 Å². The van der Waals surface area contributed by atoms with Crippen molar-refractivity contribution in [2.75, 3.05) is 7.11 Å². The van der Waals surface area contributed by atoms with Gasteiger partial charge in [0.2, 0.25) is 0 Å². The number of carbonyl (C=O) groups is 1. The fraction of sp³-hybridized carbons (Fsp3) is 0.500. The Morgan fingerprint density at radius 3 is 2.59 bits per heavy atom. The van der Waals surface area contributed by atoms with E-state index in [-0.39, 0.29) is 18.1 Å². The zero-order valence-corrected chi connectivity index (χ0v) is 11.0. The smallest absolute Gasteiger partial charge is 0.322 e. The van der Waals surface area contributed by atoms with Gasteiger partial charge in [-0.3, -0.25) is 10.1 Å². The summed E-state index contributed by atoms with van der Waals surface area (Å²) in [5.41, 5.74) is 2.45. The summed E-state index contributed by atoms with van der Waals surface area (Å²) >= 11 is 0. The lowest BCUT2D eigenvalue weighted by molar-refractivity contribution is -0.143. The monoisotopic (exact) mass is 235 g/mol. The molecule has 3 nitrogen and oxygen atoms in total. The lowest BCUT2D eigenvalue weighted by atomic mass is 10.0. The van der Waals surface area contributed by atoms with Crippen LogP contribution in [-0.4, -0.2) is 19.1 Å². The number of ether oxygens (including phenoxy) is 1. The highest BCUT2D eigenvalue weighted by Crippen LogP contribution is 2.17. The van der Waals surface area contributed by atoms with Gasteiger partial charge in [0.25, 0.3) is 0 Å². The van der Waals surface area contributed by atoms with Crippen LogP contribution in [0.25, 0.3) is 0 Å². The highest BCUT2D eigenvalue weighted by atomic mass is 16.5. The van der Waals surface area contributed by atoms with Gasteiger partial charge >= 0.3 is 5.97 Å². The number of aryl methyl sites for hydroxylation is 1. The van der Waals surface area contributed by atoms with Crippen molar-refractivity contribution in [1.82, 2.24) is 5.32 Å². The Morgan fingerprint density at radius 2 is 2.06 bits per heavy atom. The van der Waals surface area contributed by atoms with E-state index < -0.39 is 0 Å². The van der Waals surface area contributed by atoms with E-state index in [0.717, 1.165) is 6.42 Å². The zero-order valence-electron chi connectivity index (χ0n) is 11.0. The maximum absolute atomic E-state index is 11.5. The van der Waals surface area contributed by atoms with Crippen LogP contribution in [0.1, 0.15) is 37.4 Å². The van der Waals surface area contributed by atoms with Crippen LogP contribution in [0.3, 0.4) is 0 Å². The number of esters is 1. The second-order valence-corrected chi connectivity index (χ2v) is 4.23. The van der Waals surface area contributed by atoms with Gasteiger partial charge in [-0.25, -0.2) is 0 Å². The minimum absolute atomic E-state index is 0.139. The van der Waals surface area contributed by atoms with Crippen molar-refractivity contribution in [1.29, 1.82) is 0 Å². The highest BCUT2D eigenvalue weighted by Gasteiger charge is 2.20. The van der Waals surface area contributed by atoms with Gasteiger partial charge in [0.15, 0.2) is 0 Å². The van der Waals surface area contributed by atoms with E-state index >= 15 is 0 Å². The molecule has 0 spiro atoms. The largest absolute Gasteiger partial charge is 0.468 e. The summed E-state index contributed by atoms with van der Waals surface area (Å²) in [6, 6.07) is 8.08. The first kappa shape index (κ1) is 13.7. The number of carbonyl (C=O) groups excluding carboxylic acids is 1. The molecule has 0 saturated carbocycles. The Morgan fingerprint density at radius 1 is 1.41 bits per heavy atom. The number of methoxy groups -OCH3 is 1. The minimum atomic E-state index is -0.241. The first-order valence-electron chi connectivity index (χ1n) is 5.99. The molecule has 0 amide bonds. The first-order valence-corrected chi connectivity index (χ1v) is 5.99. The SMILES string of the molecule is CCC(N[C@H](C)c1ccccc1C)C(=O)OC. The predicted molar refractivity (Wildman–Crippen MR) is 68.8 cm³/mol. The summed E-state index contributed by atoms with van der Waals surface area (Å²) in [6.45, 7) is 6.11. The van der Waals surface area contributed by atoms with Gasteiger partial charge in [-0.2, -0.15) is 0 Å². The summed E-state index contributed by atoms with van der Waals surface area (Å²) in [7, 11) is 1.42. The molecule has 2 atom stereocenters. The third kappa shape index (κ3) is 3.56. The van der Waals surface area contributed by atoms with Crippen molar-refractivity contribution in [3.8, 4) is 0 Å². The van der Waals surface area contributed by atoms with E-state index in [0.29, 0.717) is 0 Å². The van der Waals surface area contributed by atoms with Crippen molar-refractivity contribution in [2.24, 2.45) is 0 Å². The highest BCUT2D eigenvalue weighted by molar-refractivity contribution is 5.75. The molecule has 0 saturated heterocycles. The number of benzene rings is 1. The standard InChI is InChI=1S/C14H21NO2/c1-5-13(14(16)17-4)15-11(3)12-9-7-6-8-10(12)2/h6-9,11,13,15H,5H2,1-4H3/t11-,13?/m1/s1. The van der Waals surface area contributed by atoms with E-state index in [1.807, 2.05) is 19.1 Å². The van der Waals surface area contributed by atoms with Crippen LogP contribution in [0.15, 0.2) is 24.3 Å². The number of nitrogens with one attached hydrogen (secondary N) is 1. The minimum Gasteiger partial charge on any atom is -0.468 e. The lowest BCUT2D eigenvalue weighted by Gasteiger charge is -2.21. The molecule has 17 heavy (non-hydrogen) atoms. The van der Waals surface area contributed by atoms with Crippen LogP contribution in [0.4, 0.5) is 0 Å². The molecule has 1 rings (SSSR count). The Balaban J connectivity index is 2.74. The average molecular weight is 235 g/mol. The normalized spacial score (nSPS) is 14.1. The van der Waals surface area contributed by atoms with Gasteiger partial charge in [0.1, 0.15) is 6.04 Å². The zero-order chi connectivity index (χ0) is 12.8. The van der Waals surface area contributed by atoms with Crippen LogP contribution in [0, 0.1) is 6.92 Å². The molecule has 0 fully saturated rings. The molecule has 1 N–H and O–H groups in total. The molecular weight excluding hydrogens is 214 g/mol. The topological polar surface area (TPSA) is 38.3 Å². The van der Waals surface area contributed by atoms with Gasteiger partial charge in [-0.1, -0.05) is 31.2 Å². The van der Waals surface area contributed by atoms with E-state index in [4.69, 9.17) is 4.74 Å². The summed E-state index contributed by atoms with van der Waals surface area (Å²) in [5, 5.41) is 3.30. The molecule has 0 aromatic heterocycles. The van der Waals surface area contributed by atoms with Crippen molar-refractivity contribution >= 4 is 5.97 Å². The maximum atomic E-state index is 11.5. The van der Waals surface area contributed by atoms with Crippen molar-refractivity contribution in [3.05, 3.63) is 35.4 Å². The fourth-order valence-corrected chi connectivity index (χ4v) is 1.96. The second kappa shape index (κ2) is 6.40. The fourth-order valence-electron chi connectivity index (χ4n) is 1.96. The van der Waals surface area contributed by atoms with Crippen LogP contribution in [0.2, 0.25) is 0 Å². The van der Waals surface area contributed by atoms with Crippen LogP contribution < -0.4 is 5.32 Å². The molecule has 0 radical (unpaired) electrons. The molecule has 0 aliphatic rings. The molecule has 0 aliphatic heterocycles. The molecule has 1 aromatic carbocycles. The molecule has 1 unspecified atom stereocenters. The number of hydrogen-bond acceptors (Lipinski definition) is 3. The van der Waals surface area contributed by atoms with E-state index in [9.17, 15) is 4.79 Å². The quantitative estimate of drug-likeness (QED) is 0.797. The van der Waals surface area contributed by atoms with Crippen LogP contribution in [0.5, 0.6) is 0 Å². The van der Waals surface area contributed by atoms with Crippen molar-refractivity contribution in [2.45, 2.75) is 39.3 Å². The molecule has 94 valence electrons. The predicted octanol–water partition coefficient (Wildman–Crippen LogP) is 2.60. The Hall–Kier alpha value is -1.35. The Labute approximate surface area is 103 Å². The van der Waals surface area contributed by atoms with Gasteiger partial charge < -0.3 is 4.74 Å². The van der Waals surface area contributed by atoms with Gasteiger partial charge in [0.05, 0.1) is 7.11 Å².